The Morgan fingerprint density at radius 3 is 2.33 bits per heavy atom. The molecule has 1 N–H and O–H groups in total. The van der Waals surface area contributed by atoms with E-state index in [2.05, 4.69) is 37.2 Å². The lowest BCUT2D eigenvalue weighted by atomic mass is 10.2. The highest BCUT2D eigenvalue weighted by molar-refractivity contribution is 9.11. The highest BCUT2D eigenvalue weighted by atomic mass is 79.9. The van der Waals surface area contributed by atoms with Gasteiger partial charge in [0.05, 0.1) is 19.7 Å². The fourth-order valence-electron chi connectivity index (χ4n) is 2.45. The van der Waals surface area contributed by atoms with Crippen LogP contribution in [-0.4, -0.2) is 0 Å². The van der Waals surface area contributed by atoms with Gasteiger partial charge in [-0.15, -0.1) is 0 Å². The van der Waals surface area contributed by atoms with Gasteiger partial charge in [0.25, 0.3) is 0 Å². The van der Waals surface area contributed by atoms with Gasteiger partial charge in [0.15, 0.2) is 0 Å². The molecule has 3 rings (SSSR count). The lowest BCUT2D eigenvalue weighted by Crippen LogP contribution is -2.02. The van der Waals surface area contributed by atoms with Crippen LogP contribution >= 0.6 is 55.1 Å². The first-order valence-corrected chi connectivity index (χ1v) is 10.3. The van der Waals surface area contributed by atoms with Gasteiger partial charge in [0.1, 0.15) is 18.2 Å². The molecule has 0 atom stereocenters. The number of rotatable bonds is 6. The van der Waals surface area contributed by atoms with E-state index in [0.717, 1.165) is 20.2 Å². The normalized spacial score (nSPS) is 10.7. The molecule has 0 spiro atoms. The van der Waals surface area contributed by atoms with E-state index < -0.39 is 0 Å². The summed E-state index contributed by atoms with van der Waals surface area (Å²) in [6.07, 6.45) is 0. The van der Waals surface area contributed by atoms with E-state index in [0.29, 0.717) is 27.9 Å². The molecular weight excluding hydrogens is 520 g/mol. The Labute approximate surface area is 183 Å². The summed E-state index contributed by atoms with van der Waals surface area (Å²) in [4.78, 5) is 0. The van der Waals surface area contributed by atoms with Gasteiger partial charge in [-0.05, 0) is 73.8 Å². The third kappa shape index (κ3) is 5.38. The van der Waals surface area contributed by atoms with Gasteiger partial charge in [0.2, 0.25) is 0 Å². The minimum atomic E-state index is -0.287. The summed E-state index contributed by atoms with van der Waals surface area (Å²) in [6.45, 7) is 0.702. The second-order valence-corrected chi connectivity index (χ2v) is 8.30. The fourth-order valence-corrected chi connectivity index (χ4v) is 4.43. The topological polar surface area (TPSA) is 21.3 Å². The standard InChI is InChI=1S/C20H14Br2Cl2FNO/c21-15-7-12(10-26-19-6-5-14(23)9-17(19)24)8-16(22)20(15)27-11-13-3-1-2-4-18(13)25/h1-9,26H,10-11H2. The van der Waals surface area contributed by atoms with Crippen LogP contribution in [0, 0.1) is 5.82 Å². The molecule has 0 saturated heterocycles. The van der Waals surface area contributed by atoms with Gasteiger partial charge in [-0.3, -0.25) is 0 Å². The number of halogens is 5. The van der Waals surface area contributed by atoms with E-state index in [-0.39, 0.29) is 12.4 Å². The third-order valence-corrected chi connectivity index (χ3v) is 5.53. The molecule has 140 valence electrons. The van der Waals surface area contributed by atoms with Crippen LogP contribution in [0.3, 0.4) is 0 Å². The molecule has 0 aliphatic heterocycles. The quantitative estimate of drug-likeness (QED) is 0.348. The van der Waals surface area contributed by atoms with Crippen molar-refractivity contribution in [2.45, 2.75) is 13.2 Å². The first-order chi connectivity index (χ1) is 12.9. The maximum absolute atomic E-state index is 13.7. The molecule has 0 radical (unpaired) electrons. The summed E-state index contributed by atoms with van der Waals surface area (Å²) in [5, 5.41) is 4.42. The monoisotopic (exact) mass is 531 g/mol. The van der Waals surface area contributed by atoms with Crippen LogP contribution in [0.5, 0.6) is 5.75 Å². The molecule has 0 saturated carbocycles. The first-order valence-electron chi connectivity index (χ1n) is 7.97. The van der Waals surface area contributed by atoms with Gasteiger partial charge < -0.3 is 10.1 Å². The molecule has 0 unspecified atom stereocenters. The van der Waals surface area contributed by atoms with E-state index in [4.69, 9.17) is 27.9 Å². The summed E-state index contributed by atoms with van der Waals surface area (Å²) >= 11 is 19.1. The number of benzene rings is 3. The highest BCUT2D eigenvalue weighted by Gasteiger charge is 2.11. The van der Waals surface area contributed by atoms with Crippen LogP contribution in [0.1, 0.15) is 11.1 Å². The smallest absolute Gasteiger partial charge is 0.148 e. The molecule has 3 aromatic carbocycles. The number of ether oxygens (including phenoxy) is 1. The van der Waals surface area contributed by atoms with Crippen molar-refractivity contribution >= 4 is 60.7 Å². The van der Waals surface area contributed by atoms with Crippen molar-refractivity contribution in [1.82, 2.24) is 0 Å². The summed E-state index contributed by atoms with van der Waals surface area (Å²) in [5.74, 6) is 0.330. The average molecular weight is 534 g/mol. The van der Waals surface area contributed by atoms with Crippen LogP contribution in [0.4, 0.5) is 10.1 Å². The maximum atomic E-state index is 13.7. The van der Waals surface area contributed by atoms with Crippen LogP contribution < -0.4 is 10.1 Å². The molecule has 0 aliphatic carbocycles. The van der Waals surface area contributed by atoms with Gasteiger partial charge in [-0.1, -0.05) is 41.4 Å². The van der Waals surface area contributed by atoms with Crippen molar-refractivity contribution in [3.8, 4) is 5.75 Å². The highest BCUT2D eigenvalue weighted by Crippen LogP contribution is 2.36. The molecule has 0 fully saturated rings. The van der Waals surface area contributed by atoms with Crippen molar-refractivity contribution in [1.29, 1.82) is 0 Å². The predicted molar refractivity (Wildman–Crippen MR) is 116 cm³/mol. The van der Waals surface area contributed by atoms with Crippen LogP contribution in [-0.2, 0) is 13.2 Å². The summed E-state index contributed by atoms with van der Waals surface area (Å²) < 4.78 is 21.1. The van der Waals surface area contributed by atoms with Crippen molar-refractivity contribution in [3.05, 3.63) is 90.5 Å². The molecule has 3 aromatic rings. The SMILES string of the molecule is Fc1ccccc1COc1c(Br)cc(CNc2ccc(Cl)cc2Cl)cc1Br. The molecule has 0 heterocycles. The maximum Gasteiger partial charge on any atom is 0.148 e. The summed E-state index contributed by atoms with van der Waals surface area (Å²) in [7, 11) is 0. The minimum Gasteiger partial charge on any atom is -0.486 e. The van der Waals surface area contributed by atoms with E-state index in [1.54, 1.807) is 30.3 Å². The predicted octanol–water partition coefficient (Wildman–Crippen LogP) is 7.85. The fraction of sp³-hybridized carbons (Fsp3) is 0.100. The van der Waals surface area contributed by atoms with E-state index >= 15 is 0 Å². The molecule has 0 aromatic heterocycles. The molecule has 2 nitrogen and oxygen atoms in total. The van der Waals surface area contributed by atoms with Crippen molar-refractivity contribution in [3.63, 3.8) is 0 Å². The zero-order valence-corrected chi connectivity index (χ0v) is 18.6. The van der Waals surface area contributed by atoms with Gasteiger partial charge in [-0.25, -0.2) is 4.39 Å². The Morgan fingerprint density at radius 1 is 0.963 bits per heavy atom. The van der Waals surface area contributed by atoms with E-state index in [1.807, 2.05) is 18.2 Å². The lowest BCUT2D eigenvalue weighted by Gasteiger charge is -2.14. The average Bonchev–Trinajstić information content (AvgIpc) is 2.61. The first kappa shape index (κ1) is 20.5. The zero-order chi connectivity index (χ0) is 19.4. The second-order valence-electron chi connectivity index (χ2n) is 5.75. The number of hydrogen-bond acceptors (Lipinski definition) is 2. The minimum absolute atomic E-state index is 0.141. The Bertz CT molecular complexity index is 945. The Kier molecular flexibility index (Phi) is 7.04. The third-order valence-electron chi connectivity index (χ3n) is 3.80. The van der Waals surface area contributed by atoms with Crippen molar-refractivity contribution in [2.24, 2.45) is 0 Å². The van der Waals surface area contributed by atoms with Crippen molar-refractivity contribution < 1.29 is 9.13 Å². The number of anilines is 1. The lowest BCUT2D eigenvalue weighted by molar-refractivity contribution is 0.296. The molecule has 0 amide bonds. The molecule has 0 bridgehead atoms. The largest absolute Gasteiger partial charge is 0.486 e. The van der Waals surface area contributed by atoms with Crippen LogP contribution in [0.25, 0.3) is 0 Å². The molecular formula is C20H14Br2Cl2FNO. The Hall–Kier alpha value is -1.27. The van der Waals surface area contributed by atoms with Crippen LogP contribution in [0.2, 0.25) is 10.0 Å². The molecule has 7 heteroatoms. The second kappa shape index (κ2) is 9.28. The zero-order valence-electron chi connectivity index (χ0n) is 13.9. The molecule has 0 aliphatic rings. The number of nitrogens with one attached hydrogen (secondary N) is 1. The molecule has 27 heavy (non-hydrogen) atoms. The number of hydrogen-bond donors (Lipinski definition) is 1. The van der Waals surface area contributed by atoms with E-state index in [9.17, 15) is 4.39 Å². The van der Waals surface area contributed by atoms with E-state index in [1.165, 1.54) is 6.07 Å². The summed E-state index contributed by atoms with van der Waals surface area (Å²) in [6, 6.07) is 15.7. The van der Waals surface area contributed by atoms with Crippen LogP contribution in [0.15, 0.2) is 63.5 Å². The summed E-state index contributed by atoms with van der Waals surface area (Å²) in [5.41, 5.74) is 2.31. The van der Waals surface area contributed by atoms with Gasteiger partial charge in [0, 0.05) is 17.1 Å². The Morgan fingerprint density at radius 2 is 1.67 bits per heavy atom. The van der Waals surface area contributed by atoms with Gasteiger partial charge in [-0.2, -0.15) is 0 Å². The van der Waals surface area contributed by atoms with Gasteiger partial charge >= 0.3 is 0 Å². The Balaban J connectivity index is 1.70. The van der Waals surface area contributed by atoms with Crippen molar-refractivity contribution in [2.75, 3.05) is 5.32 Å².